The van der Waals surface area contributed by atoms with Gasteiger partial charge in [-0.15, -0.1) is 15.3 Å². The molecule has 0 saturated carbocycles. The molecule has 0 aliphatic carbocycles. The van der Waals surface area contributed by atoms with E-state index in [1.165, 1.54) is 11.8 Å². The molecule has 1 aliphatic rings. The van der Waals surface area contributed by atoms with Gasteiger partial charge in [-0.3, -0.25) is 14.3 Å². The van der Waals surface area contributed by atoms with Crippen LogP contribution in [-0.2, 0) is 4.79 Å². The first-order valence-electron chi connectivity index (χ1n) is 7.90. The van der Waals surface area contributed by atoms with Crippen molar-refractivity contribution in [1.29, 1.82) is 0 Å². The Bertz CT molecular complexity index is 883. The van der Waals surface area contributed by atoms with Gasteiger partial charge in [0.15, 0.2) is 0 Å². The lowest BCUT2D eigenvalue weighted by molar-refractivity contribution is -0.128. The molecule has 1 fully saturated rings. The van der Waals surface area contributed by atoms with Crippen molar-refractivity contribution in [2.45, 2.75) is 12.1 Å². The second kappa shape index (κ2) is 6.67. The molecule has 0 atom stereocenters. The molecule has 1 saturated heterocycles. The molecule has 3 aromatic rings. The largest absolute Gasteiger partial charge is 0.354 e. The molecule has 0 spiro atoms. The first kappa shape index (κ1) is 15.8. The molecule has 4 heterocycles. The summed E-state index contributed by atoms with van der Waals surface area (Å²) in [5.41, 5.74) is 0. The molecule has 0 bridgehead atoms. The van der Waals surface area contributed by atoms with Gasteiger partial charge in [0.25, 0.3) is 5.78 Å². The minimum Gasteiger partial charge on any atom is -0.354 e. The maximum absolute atomic E-state index is 12.4. The van der Waals surface area contributed by atoms with E-state index in [2.05, 4.69) is 35.3 Å². The van der Waals surface area contributed by atoms with Crippen LogP contribution in [0.3, 0.4) is 0 Å². The van der Waals surface area contributed by atoms with Crippen LogP contribution in [0.25, 0.3) is 5.78 Å². The summed E-state index contributed by atoms with van der Waals surface area (Å²) in [5.74, 6) is 2.78. The van der Waals surface area contributed by atoms with Gasteiger partial charge >= 0.3 is 0 Å². The zero-order chi connectivity index (χ0) is 17.2. The normalized spacial score (nSPS) is 15.1. The molecular formula is C14H17N9OS. The first-order chi connectivity index (χ1) is 12.2. The molecular weight excluding hydrogens is 342 g/mol. The van der Waals surface area contributed by atoms with Gasteiger partial charge in [0.05, 0.1) is 5.75 Å². The van der Waals surface area contributed by atoms with Gasteiger partial charge in [0.2, 0.25) is 11.1 Å². The molecule has 4 rings (SSSR count). The number of aryl methyl sites for hydroxylation is 1. The van der Waals surface area contributed by atoms with Crippen molar-refractivity contribution in [3.8, 4) is 0 Å². The summed E-state index contributed by atoms with van der Waals surface area (Å²) in [4.78, 5) is 24.9. The van der Waals surface area contributed by atoms with Crippen molar-refractivity contribution in [3.05, 3.63) is 24.4 Å². The van der Waals surface area contributed by atoms with E-state index in [1.807, 2.05) is 22.3 Å². The number of aromatic amines is 1. The van der Waals surface area contributed by atoms with E-state index >= 15 is 0 Å². The highest BCUT2D eigenvalue weighted by Gasteiger charge is 2.23. The van der Waals surface area contributed by atoms with E-state index in [1.54, 1.807) is 12.5 Å². The van der Waals surface area contributed by atoms with Crippen LogP contribution < -0.4 is 4.90 Å². The van der Waals surface area contributed by atoms with Crippen LogP contribution in [-0.4, -0.2) is 77.5 Å². The van der Waals surface area contributed by atoms with Crippen LogP contribution in [0.4, 0.5) is 5.82 Å². The summed E-state index contributed by atoms with van der Waals surface area (Å²) in [7, 11) is 0. The molecule has 0 radical (unpaired) electrons. The summed E-state index contributed by atoms with van der Waals surface area (Å²) in [5, 5.41) is 15.3. The number of carbonyl (C=O) groups excluding carboxylic acids is 1. The van der Waals surface area contributed by atoms with Crippen molar-refractivity contribution in [1.82, 2.24) is 39.7 Å². The van der Waals surface area contributed by atoms with Gasteiger partial charge in [-0.1, -0.05) is 11.8 Å². The van der Waals surface area contributed by atoms with Crippen molar-refractivity contribution in [2.75, 3.05) is 36.8 Å². The van der Waals surface area contributed by atoms with E-state index in [0.29, 0.717) is 29.8 Å². The average Bonchev–Trinajstić information content (AvgIpc) is 3.28. The Hall–Kier alpha value is -2.69. The van der Waals surface area contributed by atoms with Crippen LogP contribution in [0.15, 0.2) is 23.7 Å². The van der Waals surface area contributed by atoms with Crippen LogP contribution in [0, 0.1) is 6.92 Å². The first-order valence-corrected chi connectivity index (χ1v) is 8.88. The lowest BCUT2D eigenvalue weighted by Gasteiger charge is -2.36. The Morgan fingerprint density at radius 2 is 2.16 bits per heavy atom. The van der Waals surface area contributed by atoms with Gasteiger partial charge in [0.1, 0.15) is 18.0 Å². The number of hydrogen-bond donors (Lipinski definition) is 1. The smallest absolute Gasteiger partial charge is 0.256 e. The Kier molecular flexibility index (Phi) is 4.22. The molecule has 11 heteroatoms. The number of anilines is 1. The third kappa shape index (κ3) is 3.27. The fraction of sp³-hybridized carbons (Fsp3) is 0.429. The minimum atomic E-state index is 0.108. The fourth-order valence-electron chi connectivity index (χ4n) is 2.78. The number of amides is 1. The standard InChI is InChI=1S/C14H17N9OS/c1-10-17-14(20-18-10)25-8-12(24)22-6-4-21(5-7-22)11-2-3-15-13-19-16-9-23(11)13/h2-3,9H,4-8H2,1H3,(H,17,18,20). The number of H-pyrrole nitrogens is 1. The van der Waals surface area contributed by atoms with Gasteiger partial charge < -0.3 is 9.80 Å². The number of nitrogens with zero attached hydrogens (tertiary/aromatic N) is 8. The van der Waals surface area contributed by atoms with Crippen molar-refractivity contribution in [2.24, 2.45) is 0 Å². The SMILES string of the molecule is Cc1nc(SCC(=O)N2CCN(c3ccnc4nncn34)CC2)n[nH]1. The van der Waals surface area contributed by atoms with E-state index < -0.39 is 0 Å². The number of aromatic nitrogens is 7. The van der Waals surface area contributed by atoms with Crippen LogP contribution in [0.2, 0.25) is 0 Å². The van der Waals surface area contributed by atoms with Crippen molar-refractivity contribution in [3.63, 3.8) is 0 Å². The summed E-state index contributed by atoms with van der Waals surface area (Å²) in [6.45, 7) is 4.71. The third-order valence-electron chi connectivity index (χ3n) is 4.05. The lowest BCUT2D eigenvalue weighted by atomic mass is 10.3. The number of piperazine rings is 1. The maximum atomic E-state index is 12.4. The van der Waals surface area contributed by atoms with Crippen molar-refractivity contribution < 1.29 is 4.79 Å². The molecule has 10 nitrogen and oxygen atoms in total. The summed E-state index contributed by atoms with van der Waals surface area (Å²) in [6, 6.07) is 1.94. The zero-order valence-corrected chi connectivity index (χ0v) is 14.5. The quantitative estimate of drug-likeness (QED) is 0.648. The Balaban J connectivity index is 1.35. The van der Waals surface area contributed by atoms with E-state index in [0.717, 1.165) is 24.7 Å². The molecule has 3 aromatic heterocycles. The highest BCUT2D eigenvalue weighted by atomic mass is 32.2. The number of hydrogen-bond acceptors (Lipinski definition) is 8. The van der Waals surface area contributed by atoms with Crippen LogP contribution in [0.5, 0.6) is 0 Å². The fourth-order valence-corrected chi connectivity index (χ4v) is 3.52. The number of thioether (sulfide) groups is 1. The second-order valence-corrected chi connectivity index (χ2v) is 6.61. The van der Waals surface area contributed by atoms with Gasteiger partial charge in [-0.2, -0.15) is 0 Å². The molecule has 1 aliphatic heterocycles. The van der Waals surface area contributed by atoms with Gasteiger partial charge in [-0.05, 0) is 13.0 Å². The Morgan fingerprint density at radius 1 is 1.32 bits per heavy atom. The summed E-state index contributed by atoms with van der Waals surface area (Å²) in [6.07, 6.45) is 3.39. The number of fused-ring (bicyclic) bond motifs is 1. The molecule has 0 aromatic carbocycles. The molecule has 130 valence electrons. The third-order valence-corrected chi connectivity index (χ3v) is 4.88. The predicted molar refractivity (Wildman–Crippen MR) is 91.4 cm³/mol. The molecule has 0 unspecified atom stereocenters. The highest BCUT2D eigenvalue weighted by Crippen LogP contribution is 2.18. The number of rotatable bonds is 4. The van der Waals surface area contributed by atoms with Crippen LogP contribution >= 0.6 is 11.8 Å². The number of carbonyl (C=O) groups is 1. The number of nitrogens with one attached hydrogen (secondary N) is 1. The summed E-state index contributed by atoms with van der Waals surface area (Å²) >= 11 is 1.36. The van der Waals surface area contributed by atoms with E-state index in [-0.39, 0.29) is 5.91 Å². The zero-order valence-electron chi connectivity index (χ0n) is 13.7. The van der Waals surface area contributed by atoms with Gasteiger partial charge in [-0.25, -0.2) is 9.97 Å². The molecule has 25 heavy (non-hydrogen) atoms. The minimum absolute atomic E-state index is 0.108. The predicted octanol–water partition coefficient (Wildman–Crippen LogP) is -0.00828. The average molecular weight is 359 g/mol. The summed E-state index contributed by atoms with van der Waals surface area (Å²) < 4.78 is 1.86. The molecule has 1 amide bonds. The second-order valence-electron chi connectivity index (χ2n) is 5.66. The van der Waals surface area contributed by atoms with E-state index in [4.69, 9.17) is 0 Å². The molecule has 1 N–H and O–H groups in total. The van der Waals surface area contributed by atoms with Crippen LogP contribution in [0.1, 0.15) is 5.82 Å². The van der Waals surface area contributed by atoms with Crippen molar-refractivity contribution >= 4 is 29.3 Å². The maximum Gasteiger partial charge on any atom is 0.256 e. The Morgan fingerprint density at radius 3 is 2.92 bits per heavy atom. The monoisotopic (exact) mass is 359 g/mol. The van der Waals surface area contributed by atoms with Gasteiger partial charge in [0, 0.05) is 32.4 Å². The topological polar surface area (TPSA) is 108 Å². The van der Waals surface area contributed by atoms with E-state index in [9.17, 15) is 4.79 Å². The Labute approximate surface area is 147 Å². The highest BCUT2D eigenvalue weighted by molar-refractivity contribution is 7.99. The lowest BCUT2D eigenvalue weighted by Crippen LogP contribution is -2.49.